The number of nitrogens with zero attached hydrogens (tertiary/aromatic N) is 4. The first kappa shape index (κ1) is 16.2. The van der Waals surface area contributed by atoms with Gasteiger partial charge in [-0.05, 0) is 37.0 Å². The summed E-state index contributed by atoms with van der Waals surface area (Å²) in [7, 11) is 0. The summed E-state index contributed by atoms with van der Waals surface area (Å²) in [5, 5.41) is 4.82. The molecule has 0 amide bonds. The number of hydrogen-bond donors (Lipinski definition) is 0. The van der Waals surface area contributed by atoms with Crippen molar-refractivity contribution < 1.29 is 0 Å². The highest BCUT2D eigenvalue weighted by molar-refractivity contribution is 6.30. The minimum Gasteiger partial charge on any atom is -0.216 e. The van der Waals surface area contributed by atoms with Crippen LogP contribution in [0.2, 0.25) is 5.15 Å². The Morgan fingerprint density at radius 1 is 1.33 bits per heavy atom. The summed E-state index contributed by atoms with van der Waals surface area (Å²) < 4.78 is 1.63. The summed E-state index contributed by atoms with van der Waals surface area (Å²) in [6, 6.07) is 0. The van der Waals surface area contributed by atoms with E-state index in [4.69, 9.17) is 11.6 Å². The van der Waals surface area contributed by atoms with Crippen molar-refractivity contribution in [3.63, 3.8) is 0 Å². The molecule has 0 saturated heterocycles. The van der Waals surface area contributed by atoms with Crippen molar-refractivity contribution in [2.24, 2.45) is 11.3 Å². The van der Waals surface area contributed by atoms with Gasteiger partial charge in [-0.1, -0.05) is 46.2 Å². The summed E-state index contributed by atoms with van der Waals surface area (Å²) in [5.74, 6) is 1.25. The van der Waals surface area contributed by atoms with Crippen LogP contribution in [0.5, 0.6) is 0 Å². The van der Waals surface area contributed by atoms with E-state index in [0.29, 0.717) is 22.3 Å². The molecule has 0 aromatic carbocycles. The average Bonchev–Trinajstić information content (AvgIpc) is 2.83. The Hall–Kier alpha value is -1.16. The van der Waals surface area contributed by atoms with Crippen molar-refractivity contribution in [1.29, 1.82) is 0 Å². The molecule has 0 radical (unpaired) electrons. The van der Waals surface area contributed by atoms with Gasteiger partial charge in [0.2, 0.25) is 0 Å². The number of hydrogen-bond acceptors (Lipinski definition) is 3. The van der Waals surface area contributed by atoms with E-state index in [1.54, 1.807) is 4.52 Å². The maximum absolute atomic E-state index is 6.50. The second kappa shape index (κ2) is 6.30. The normalized spacial score (nSPS) is 13.8. The third-order valence-corrected chi connectivity index (χ3v) is 4.12. The van der Waals surface area contributed by atoms with Gasteiger partial charge in [-0.2, -0.15) is 14.6 Å². The van der Waals surface area contributed by atoms with Crippen LogP contribution in [0, 0.1) is 11.3 Å². The fraction of sp³-hybridized carbons (Fsp3) is 0.688. The van der Waals surface area contributed by atoms with E-state index in [1.165, 1.54) is 12.7 Å². The smallest absolute Gasteiger partial charge is 0.216 e. The van der Waals surface area contributed by atoms with E-state index in [-0.39, 0.29) is 0 Å². The predicted octanol–water partition coefficient (Wildman–Crippen LogP) is 4.35. The highest BCUT2D eigenvalue weighted by Gasteiger charge is 2.18. The maximum atomic E-state index is 6.50. The topological polar surface area (TPSA) is 43.1 Å². The molecule has 2 heterocycles. The van der Waals surface area contributed by atoms with Gasteiger partial charge in [0.05, 0.1) is 5.69 Å². The molecule has 1 atom stereocenters. The number of halogens is 1. The lowest BCUT2D eigenvalue weighted by molar-refractivity contribution is 0.297. The number of fused-ring (bicyclic) bond motifs is 1. The van der Waals surface area contributed by atoms with Crippen LogP contribution in [0.15, 0.2) is 6.33 Å². The first-order valence-corrected chi connectivity index (χ1v) is 8.06. The van der Waals surface area contributed by atoms with Crippen LogP contribution >= 0.6 is 11.6 Å². The van der Waals surface area contributed by atoms with Gasteiger partial charge in [-0.15, -0.1) is 0 Å². The first-order valence-electron chi connectivity index (χ1n) is 7.69. The van der Waals surface area contributed by atoms with Crippen molar-refractivity contribution in [1.82, 2.24) is 19.6 Å². The predicted molar refractivity (Wildman–Crippen MR) is 86.7 cm³/mol. The summed E-state index contributed by atoms with van der Waals surface area (Å²) in [6.07, 6.45) is 5.64. The molecule has 0 aliphatic carbocycles. The van der Waals surface area contributed by atoms with Crippen molar-refractivity contribution in [2.75, 3.05) is 0 Å². The fourth-order valence-corrected chi connectivity index (χ4v) is 3.29. The third-order valence-electron chi connectivity index (χ3n) is 3.73. The molecule has 2 aromatic rings. The van der Waals surface area contributed by atoms with Crippen LogP contribution in [-0.2, 0) is 12.8 Å². The molecule has 0 aliphatic heterocycles. The second-order valence-electron chi connectivity index (χ2n) is 7.06. The zero-order chi connectivity index (χ0) is 15.6. The highest BCUT2D eigenvalue weighted by Crippen LogP contribution is 2.29. The SMILES string of the molecule is CCc1nc2ncnn2c(Cl)c1CCC(C)CC(C)(C)C. The zero-order valence-electron chi connectivity index (χ0n) is 13.6. The minimum atomic E-state index is 0.366. The van der Waals surface area contributed by atoms with Gasteiger partial charge in [0.1, 0.15) is 11.5 Å². The van der Waals surface area contributed by atoms with E-state index >= 15 is 0 Å². The highest BCUT2D eigenvalue weighted by atomic mass is 35.5. The Balaban J connectivity index is 2.19. The Morgan fingerprint density at radius 2 is 2.05 bits per heavy atom. The monoisotopic (exact) mass is 308 g/mol. The molecule has 116 valence electrons. The Morgan fingerprint density at radius 3 is 2.67 bits per heavy atom. The van der Waals surface area contributed by atoms with Gasteiger partial charge >= 0.3 is 0 Å². The average molecular weight is 309 g/mol. The number of aryl methyl sites for hydroxylation is 1. The molecule has 0 saturated carbocycles. The van der Waals surface area contributed by atoms with E-state index in [1.807, 2.05) is 0 Å². The van der Waals surface area contributed by atoms with Crippen LogP contribution in [0.1, 0.15) is 58.7 Å². The van der Waals surface area contributed by atoms with Crippen molar-refractivity contribution >= 4 is 17.4 Å². The quantitative estimate of drug-likeness (QED) is 0.771. The van der Waals surface area contributed by atoms with Crippen LogP contribution in [0.3, 0.4) is 0 Å². The first-order chi connectivity index (χ1) is 9.81. The van der Waals surface area contributed by atoms with Gasteiger partial charge < -0.3 is 0 Å². The standard InChI is InChI=1S/C16H25ClN4/c1-6-13-12(8-7-11(2)9-16(3,4)5)14(17)21-15(20-13)18-10-19-21/h10-11H,6-9H2,1-5H3. The molecule has 1 unspecified atom stereocenters. The second-order valence-corrected chi connectivity index (χ2v) is 7.42. The van der Waals surface area contributed by atoms with Gasteiger partial charge in [0, 0.05) is 5.56 Å². The molecule has 2 aromatic heterocycles. The molecule has 0 fully saturated rings. The molecule has 0 aliphatic rings. The Labute approximate surface area is 131 Å². The van der Waals surface area contributed by atoms with E-state index < -0.39 is 0 Å². The molecule has 0 N–H and O–H groups in total. The lowest BCUT2D eigenvalue weighted by atomic mass is 9.83. The van der Waals surface area contributed by atoms with Crippen LogP contribution in [-0.4, -0.2) is 19.6 Å². The van der Waals surface area contributed by atoms with Gasteiger partial charge in [0.15, 0.2) is 0 Å². The lowest BCUT2D eigenvalue weighted by Gasteiger charge is -2.23. The van der Waals surface area contributed by atoms with Crippen LogP contribution in [0.25, 0.3) is 5.78 Å². The van der Waals surface area contributed by atoms with E-state index in [2.05, 4.69) is 49.7 Å². The van der Waals surface area contributed by atoms with Crippen molar-refractivity contribution in [3.05, 3.63) is 22.7 Å². The Bertz CT molecular complexity index is 612. The molecule has 4 nitrogen and oxygen atoms in total. The lowest BCUT2D eigenvalue weighted by Crippen LogP contribution is -2.13. The van der Waals surface area contributed by atoms with Gasteiger partial charge in [-0.25, -0.2) is 4.98 Å². The summed E-state index contributed by atoms with van der Waals surface area (Å²) in [6.45, 7) is 11.3. The maximum Gasteiger partial charge on any atom is 0.253 e. The molecule has 0 bridgehead atoms. The van der Waals surface area contributed by atoms with Crippen LogP contribution in [0.4, 0.5) is 0 Å². The summed E-state index contributed by atoms with van der Waals surface area (Å²) in [4.78, 5) is 8.70. The molecular weight excluding hydrogens is 284 g/mol. The summed E-state index contributed by atoms with van der Waals surface area (Å²) in [5.41, 5.74) is 2.53. The third kappa shape index (κ3) is 3.94. The van der Waals surface area contributed by atoms with E-state index in [0.717, 1.165) is 30.5 Å². The fourth-order valence-electron chi connectivity index (χ4n) is 2.96. The van der Waals surface area contributed by atoms with Crippen molar-refractivity contribution in [2.45, 2.75) is 60.3 Å². The Kier molecular flexibility index (Phi) is 4.87. The van der Waals surface area contributed by atoms with Crippen LogP contribution < -0.4 is 0 Å². The summed E-state index contributed by atoms with van der Waals surface area (Å²) >= 11 is 6.50. The minimum absolute atomic E-state index is 0.366. The van der Waals surface area contributed by atoms with Gasteiger partial charge in [0.25, 0.3) is 5.78 Å². The van der Waals surface area contributed by atoms with Crippen molar-refractivity contribution in [3.8, 4) is 0 Å². The van der Waals surface area contributed by atoms with E-state index in [9.17, 15) is 0 Å². The largest absolute Gasteiger partial charge is 0.253 e. The number of aromatic nitrogens is 4. The molecule has 5 heteroatoms. The molecule has 2 rings (SSSR count). The molecule has 0 spiro atoms. The van der Waals surface area contributed by atoms with Gasteiger partial charge in [-0.3, -0.25) is 0 Å². The molecular formula is C16H25ClN4. The zero-order valence-corrected chi connectivity index (χ0v) is 14.4. The number of rotatable bonds is 5. The molecule has 21 heavy (non-hydrogen) atoms.